The minimum atomic E-state index is -0.434. The van der Waals surface area contributed by atoms with E-state index in [0.29, 0.717) is 23.1 Å². The first-order valence-corrected chi connectivity index (χ1v) is 10.3. The van der Waals surface area contributed by atoms with E-state index in [0.717, 1.165) is 37.1 Å². The van der Waals surface area contributed by atoms with Gasteiger partial charge in [0.1, 0.15) is 0 Å². The molecule has 1 atom stereocenters. The number of aliphatic hydroxyl groups excluding tert-OH is 1. The molecule has 4 nitrogen and oxygen atoms in total. The van der Waals surface area contributed by atoms with Crippen LogP contribution >= 0.6 is 23.2 Å². The summed E-state index contributed by atoms with van der Waals surface area (Å²) in [6.07, 6.45) is 1.34. The van der Waals surface area contributed by atoms with E-state index < -0.39 is 6.10 Å². The van der Waals surface area contributed by atoms with E-state index in [4.69, 9.17) is 23.2 Å². The predicted octanol–water partition coefficient (Wildman–Crippen LogP) is 4.40. The number of likely N-dealkylation sites (tertiary alicyclic amines) is 1. The number of rotatable bonds is 6. The minimum Gasteiger partial charge on any atom is -0.388 e. The van der Waals surface area contributed by atoms with Gasteiger partial charge in [0.25, 0.3) is 0 Å². The molecule has 0 spiro atoms. The van der Waals surface area contributed by atoms with Gasteiger partial charge in [0, 0.05) is 13.6 Å². The molecule has 0 radical (unpaired) electrons. The molecular weight excluding hydrogens is 395 g/mol. The van der Waals surface area contributed by atoms with Crippen LogP contribution in [0.2, 0.25) is 10.0 Å². The van der Waals surface area contributed by atoms with Crippen LogP contribution in [0, 0.1) is 5.92 Å². The Morgan fingerprint density at radius 2 is 1.82 bits per heavy atom. The van der Waals surface area contributed by atoms with Gasteiger partial charge in [0.15, 0.2) is 0 Å². The number of halogens is 2. The third-order valence-corrected chi connectivity index (χ3v) is 6.15. The summed E-state index contributed by atoms with van der Waals surface area (Å²) in [7, 11) is 1.80. The number of hydrogen-bond acceptors (Lipinski definition) is 3. The van der Waals surface area contributed by atoms with E-state index in [1.165, 1.54) is 0 Å². The summed E-state index contributed by atoms with van der Waals surface area (Å²) in [5.41, 5.74) is 1.92. The zero-order chi connectivity index (χ0) is 20.1. The average molecular weight is 421 g/mol. The quantitative estimate of drug-likeness (QED) is 0.752. The van der Waals surface area contributed by atoms with Gasteiger partial charge in [0.05, 0.1) is 22.7 Å². The fourth-order valence-corrected chi connectivity index (χ4v) is 3.98. The van der Waals surface area contributed by atoms with Crippen molar-refractivity contribution in [1.29, 1.82) is 0 Å². The van der Waals surface area contributed by atoms with Crippen LogP contribution in [0.25, 0.3) is 0 Å². The SMILES string of the molecule is CN(Cc1ccc(Cl)c(Cl)c1)C(=O)CN1CCC(C(O)c2ccccc2)CC1. The molecule has 0 aromatic heterocycles. The lowest BCUT2D eigenvalue weighted by molar-refractivity contribution is -0.132. The summed E-state index contributed by atoms with van der Waals surface area (Å²) in [5, 5.41) is 11.6. The zero-order valence-corrected chi connectivity index (χ0v) is 17.5. The van der Waals surface area contributed by atoms with E-state index in [2.05, 4.69) is 4.90 Å². The molecule has 6 heteroatoms. The third-order valence-electron chi connectivity index (χ3n) is 5.41. The van der Waals surface area contributed by atoms with Crippen LogP contribution in [-0.4, -0.2) is 47.5 Å². The highest BCUT2D eigenvalue weighted by Crippen LogP contribution is 2.30. The highest BCUT2D eigenvalue weighted by molar-refractivity contribution is 6.42. The van der Waals surface area contributed by atoms with Crippen LogP contribution in [-0.2, 0) is 11.3 Å². The van der Waals surface area contributed by atoms with E-state index in [9.17, 15) is 9.90 Å². The summed E-state index contributed by atoms with van der Waals surface area (Å²) in [6.45, 7) is 2.53. The van der Waals surface area contributed by atoms with Crippen LogP contribution < -0.4 is 0 Å². The Labute approximate surface area is 176 Å². The van der Waals surface area contributed by atoms with Crippen molar-refractivity contribution in [1.82, 2.24) is 9.80 Å². The number of hydrogen-bond donors (Lipinski definition) is 1. The molecule has 150 valence electrons. The molecule has 1 fully saturated rings. The molecule has 28 heavy (non-hydrogen) atoms. The lowest BCUT2D eigenvalue weighted by atomic mass is 9.87. The van der Waals surface area contributed by atoms with E-state index in [1.807, 2.05) is 36.4 Å². The molecule has 1 amide bonds. The first-order valence-electron chi connectivity index (χ1n) is 9.57. The van der Waals surface area contributed by atoms with E-state index in [-0.39, 0.29) is 11.8 Å². The number of likely N-dealkylation sites (N-methyl/N-ethyl adjacent to an activating group) is 1. The van der Waals surface area contributed by atoms with Crippen molar-refractivity contribution in [2.45, 2.75) is 25.5 Å². The topological polar surface area (TPSA) is 43.8 Å². The summed E-state index contributed by atoms with van der Waals surface area (Å²) in [5.74, 6) is 0.316. The molecule has 2 aromatic rings. The fourth-order valence-electron chi connectivity index (χ4n) is 3.66. The highest BCUT2D eigenvalue weighted by atomic mass is 35.5. The van der Waals surface area contributed by atoms with Crippen molar-refractivity contribution in [3.63, 3.8) is 0 Å². The van der Waals surface area contributed by atoms with Gasteiger partial charge in [-0.1, -0.05) is 59.6 Å². The van der Waals surface area contributed by atoms with Crippen molar-refractivity contribution in [3.05, 3.63) is 69.7 Å². The normalized spacial score (nSPS) is 16.7. The van der Waals surface area contributed by atoms with E-state index in [1.54, 1.807) is 24.1 Å². The summed E-state index contributed by atoms with van der Waals surface area (Å²) in [4.78, 5) is 16.5. The maximum Gasteiger partial charge on any atom is 0.236 e. The molecule has 0 bridgehead atoms. The second-order valence-electron chi connectivity index (χ2n) is 7.47. The van der Waals surface area contributed by atoms with Crippen molar-refractivity contribution in [3.8, 4) is 0 Å². The number of carbonyl (C=O) groups excluding carboxylic acids is 1. The third kappa shape index (κ3) is 5.48. The lowest BCUT2D eigenvalue weighted by Gasteiger charge is -2.34. The molecule has 1 heterocycles. The van der Waals surface area contributed by atoms with Gasteiger partial charge in [-0.05, 0) is 55.1 Å². The van der Waals surface area contributed by atoms with Crippen molar-refractivity contribution >= 4 is 29.1 Å². The summed E-state index contributed by atoms with van der Waals surface area (Å²) >= 11 is 12.0. The average Bonchev–Trinajstić information content (AvgIpc) is 2.71. The second kappa shape index (κ2) is 9.75. The molecule has 1 aliphatic rings. The molecular formula is C22H26Cl2N2O2. The second-order valence-corrected chi connectivity index (χ2v) is 8.28. The van der Waals surface area contributed by atoms with Crippen LogP contribution in [0.5, 0.6) is 0 Å². The molecule has 1 saturated heterocycles. The maximum absolute atomic E-state index is 12.6. The Hall–Kier alpha value is -1.59. The van der Waals surface area contributed by atoms with Crippen LogP contribution in [0.15, 0.2) is 48.5 Å². The monoisotopic (exact) mass is 420 g/mol. The molecule has 0 aliphatic carbocycles. The highest BCUT2D eigenvalue weighted by Gasteiger charge is 2.27. The first kappa shape index (κ1) is 21.1. The van der Waals surface area contributed by atoms with Gasteiger partial charge in [-0.3, -0.25) is 9.69 Å². The first-order chi connectivity index (χ1) is 13.4. The Bertz CT molecular complexity index is 792. The Morgan fingerprint density at radius 3 is 2.46 bits per heavy atom. The Balaban J connectivity index is 1.47. The molecule has 1 unspecified atom stereocenters. The number of carbonyl (C=O) groups is 1. The van der Waals surface area contributed by atoms with Gasteiger partial charge in [0.2, 0.25) is 5.91 Å². The fraction of sp³-hybridized carbons (Fsp3) is 0.409. The largest absolute Gasteiger partial charge is 0.388 e. The van der Waals surface area contributed by atoms with Crippen LogP contribution in [0.3, 0.4) is 0 Å². The number of amides is 1. The van der Waals surface area contributed by atoms with Gasteiger partial charge in [-0.25, -0.2) is 0 Å². The molecule has 1 N–H and O–H groups in total. The molecule has 0 saturated carbocycles. The summed E-state index contributed by atoms with van der Waals surface area (Å²) in [6, 6.07) is 15.2. The van der Waals surface area contributed by atoms with E-state index >= 15 is 0 Å². The maximum atomic E-state index is 12.6. The Kier molecular flexibility index (Phi) is 7.36. The van der Waals surface area contributed by atoms with Crippen LogP contribution in [0.4, 0.5) is 0 Å². The van der Waals surface area contributed by atoms with Crippen molar-refractivity contribution < 1.29 is 9.90 Å². The summed E-state index contributed by atoms with van der Waals surface area (Å²) < 4.78 is 0. The van der Waals surface area contributed by atoms with Crippen molar-refractivity contribution in [2.75, 3.05) is 26.7 Å². The smallest absolute Gasteiger partial charge is 0.236 e. The van der Waals surface area contributed by atoms with Crippen LogP contribution in [0.1, 0.15) is 30.1 Å². The number of piperidine rings is 1. The molecule has 3 rings (SSSR count). The van der Waals surface area contributed by atoms with Gasteiger partial charge >= 0.3 is 0 Å². The molecule has 2 aromatic carbocycles. The van der Waals surface area contributed by atoms with Gasteiger partial charge in [-0.15, -0.1) is 0 Å². The standard InChI is InChI=1S/C22H26Cl2N2O2/c1-25(14-16-7-8-19(23)20(24)13-16)21(27)15-26-11-9-18(10-12-26)22(28)17-5-3-2-4-6-17/h2-8,13,18,22,28H,9-12,14-15H2,1H3. The zero-order valence-electron chi connectivity index (χ0n) is 16.0. The number of nitrogens with zero attached hydrogens (tertiary/aromatic N) is 2. The number of benzene rings is 2. The van der Waals surface area contributed by atoms with Gasteiger partial charge < -0.3 is 10.0 Å². The Morgan fingerprint density at radius 1 is 1.14 bits per heavy atom. The van der Waals surface area contributed by atoms with Gasteiger partial charge in [-0.2, -0.15) is 0 Å². The lowest BCUT2D eigenvalue weighted by Crippen LogP contribution is -2.42. The minimum absolute atomic E-state index is 0.0770. The molecule has 1 aliphatic heterocycles. The number of aliphatic hydroxyl groups is 1. The van der Waals surface area contributed by atoms with Crippen molar-refractivity contribution in [2.24, 2.45) is 5.92 Å². The predicted molar refractivity (Wildman–Crippen MR) is 114 cm³/mol.